The molecule has 0 unspecified atom stereocenters. The molecule has 220 valence electrons. The maximum atomic E-state index is 13.3. The summed E-state index contributed by atoms with van der Waals surface area (Å²) in [6, 6.07) is 7.40. The molecule has 2 aliphatic heterocycles. The van der Waals surface area contributed by atoms with Crippen LogP contribution >= 0.6 is 0 Å². The number of piperidine rings is 1. The van der Waals surface area contributed by atoms with Gasteiger partial charge in [0.15, 0.2) is 5.69 Å². The lowest BCUT2D eigenvalue weighted by Gasteiger charge is -2.36. The number of rotatable bonds is 9. The summed E-state index contributed by atoms with van der Waals surface area (Å²) >= 11 is 0. The molecule has 0 aliphatic carbocycles. The van der Waals surface area contributed by atoms with Crippen molar-refractivity contribution < 1.29 is 22.8 Å². The number of carbonyl (C=O) groups is 2. The minimum absolute atomic E-state index is 0.164. The molecular weight excluding hydrogens is 535 g/mol. The van der Waals surface area contributed by atoms with Crippen LogP contribution in [0.3, 0.4) is 0 Å². The Hall–Kier alpha value is -3.85. The van der Waals surface area contributed by atoms with Crippen molar-refractivity contribution >= 4 is 34.7 Å². The molecule has 0 saturated carbocycles. The summed E-state index contributed by atoms with van der Waals surface area (Å²) in [7, 11) is 0. The zero-order chi connectivity index (χ0) is 29.4. The average molecular weight is 572 g/mol. The van der Waals surface area contributed by atoms with Crippen molar-refractivity contribution in [2.24, 2.45) is 11.7 Å². The first-order valence-corrected chi connectivity index (χ1v) is 14.0. The van der Waals surface area contributed by atoms with Crippen molar-refractivity contribution in [2.75, 3.05) is 60.9 Å². The van der Waals surface area contributed by atoms with Gasteiger partial charge in [-0.2, -0.15) is 13.2 Å². The Morgan fingerprint density at radius 2 is 1.66 bits per heavy atom. The van der Waals surface area contributed by atoms with Gasteiger partial charge in [0, 0.05) is 57.3 Å². The maximum Gasteiger partial charge on any atom is 0.407 e. The van der Waals surface area contributed by atoms with Crippen LogP contribution in [0.15, 0.2) is 36.5 Å². The summed E-state index contributed by atoms with van der Waals surface area (Å²) in [5, 5.41) is 2.86. The number of nitrogens with one attached hydrogen (secondary N) is 1. The topological polar surface area (TPSA) is 99.2 Å². The lowest BCUT2D eigenvalue weighted by atomic mass is 9.95. The number of nitrogens with zero attached hydrogens (tertiary/aromatic N) is 5. The molecule has 2 aliphatic rings. The van der Waals surface area contributed by atoms with E-state index in [1.54, 1.807) is 12.3 Å². The van der Waals surface area contributed by atoms with Gasteiger partial charge in [-0.3, -0.25) is 9.59 Å². The molecule has 2 saturated heterocycles. The number of amides is 2. The van der Waals surface area contributed by atoms with Gasteiger partial charge in [-0.15, -0.1) is 0 Å². The third-order valence-electron chi connectivity index (χ3n) is 7.73. The Kier molecular flexibility index (Phi) is 10.0. The van der Waals surface area contributed by atoms with Crippen LogP contribution in [0.5, 0.6) is 0 Å². The number of aromatic nitrogens is 1. The van der Waals surface area contributed by atoms with Gasteiger partial charge in [0.25, 0.3) is 0 Å². The Morgan fingerprint density at radius 1 is 0.976 bits per heavy atom. The van der Waals surface area contributed by atoms with Crippen LogP contribution < -0.4 is 20.9 Å². The van der Waals surface area contributed by atoms with Crippen molar-refractivity contribution in [3.05, 3.63) is 53.5 Å². The van der Waals surface area contributed by atoms with E-state index >= 15 is 0 Å². The molecule has 0 spiro atoms. The zero-order valence-electron chi connectivity index (χ0n) is 23.0. The predicted octanol–water partition coefficient (Wildman–Crippen LogP) is 4.67. The van der Waals surface area contributed by atoms with Gasteiger partial charge < -0.3 is 25.8 Å². The highest BCUT2D eigenvalue weighted by Crippen LogP contribution is 2.39. The van der Waals surface area contributed by atoms with Gasteiger partial charge >= 0.3 is 6.18 Å². The molecule has 2 fully saturated rings. The minimum Gasteiger partial charge on any atom is -0.372 e. The van der Waals surface area contributed by atoms with E-state index < -0.39 is 17.4 Å². The summed E-state index contributed by atoms with van der Waals surface area (Å²) in [6.45, 7) is 11.3. The highest BCUT2D eigenvalue weighted by Gasteiger charge is 2.34. The van der Waals surface area contributed by atoms with Crippen LogP contribution in [0.2, 0.25) is 0 Å². The minimum atomic E-state index is -4.60. The normalized spacial score (nSPS) is 16.4. The lowest BCUT2D eigenvalue weighted by molar-refractivity contribution is -0.137. The summed E-state index contributed by atoms with van der Waals surface area (Å²) in [4.78, 5) is 38.6. The van der Waals surface area contributed by atoms with E-state index in [1.807, 2.05) is 15.9 Å². The van der Waals surface area contributed by atoms with Crippen LogP contribution in [0.1, 0.15) is 44.1 Å². The number of hydrogen-bond donors (Lipinski definition) is 2. The average Bonchev–Trinajstić information content (AvgIpc) is 2.99. The molecule has 41 heavy (non-hydrogen) atoms. The van der Waals surface area contributed by atoms with E-state index in [9.17, 15) is 22.8 Å². The number of piperazine rings is 1. The van der Waals surface area contributed by atoms with Crippen LogP contribution in [-0.2, 0) is 15.8 Å². The summed E-state index contributed by atoms with van der Waals surface area (Å²) < 4.78 is 40.0. The summed E-state index contributed by atoms with van der Waals surface area (Å²) in [5.74, 6) is 0.186. The van der Waals surface area contributed by atoms with E-state index in [1.165, 1.54) is 12.1 Å². The third-order valence-corrected chi connectivity index (χ3v) is 7.73. The van der Waals surface area contributed by atoms with Crippen LogP contribution in [0, 0.1) is 12.5 Å². The molecule has 0 atom stereocenters. The van der Waals surface area contributed by atoms with Crippen molar-refractivity contribution in [1.82, 2.24) is 9.88 Å². The predicted molar refractivity (Wildman–Crippen MR) is 152 cm³/mol. The molecule has 2 aromatic rings. The lowest BCUT2D eigenvalue weighted by Crippen LogP contribution is -2.48. The molecule has 12 heteroatoms. The van der Waals surface area contributed by atoms with E-state index in [4.69, 9.17) is 12.3 Å². The second-order valence-electron chi connectivity index (χ2n) is 10.4. The number of alkyl halides is 3. The summed E-state index contributed by atoms with van der Waals surface area (Å²) in [5.41, 5.74) is 5.47. The molecule has 0 bridgehead atoms. The van der Waals surface area contributed by atoms with Crippen LogP contribution in [0.4, 0.5) is 36.1 Å². The molecule has 2 amide bonds. The number of benzene rings is 1. The monoisotopic (exact) mass is 571 g/mol. The fraction of sp³-hybridized carbons (Fsp3) is 0.517. The van der Waals surface area contributed by atoms with Crippen molar-refractivity contribution in [2.45, 2.75) is 44.7 Å². The largest absolute Gasteiger partial charge is 0.407 e. The van der Waals surface area contributed by atoms with Gasteiger partial charge in [-0.25, -0.2) is 9.83 Å². The second kappa shape index (κ2) is 13.7. The third kappa shape index (κ3) is 7.88. The molecular formula is C29H36F3N7O2. The highest BCUT2D eigenvalue weighted by atomic mass is 19.4. The molecule has 1 aromatic heterocycles. The molecule has 3 N–H and O–H groups in total. The van der Waals surface area contributed by atoms with Gasteiger partial charge in [0.05, 0.1) is 24.0 Å². The molecule has 9 nitrogen and oxygen atoms in total. The van der Waals surface area contributed by atoms with E-state index in [0.717, 1.165) is 31.0 Å². The number of anilines is 3. The number of unbranched alkanes of at least 4 members (excludes halogenated alkanes) is 2. The Bertz CT molecular complexity index is 1230. The first kappa shape index (κ1) is 30.1. The fourth-order valence-electron chi connectivity index (χ4n) is 5.29. The van der Waals surface area contributed by atoms with E-state index in [-0.39, 0.29) is 17.7 Å². The maximum absolute atomic E-state index is 13.3. The van der Waals surface area contributed by atoms with Crippen molar-refractivity contribution in [3.8, 4) is 0 Å². The Labute approximate surface area is 238 Å². The molecule has 3 heterocycles. The number of carbonyl (C=O) groups excluding carboxylic acids is 2. The summed E-state index contributed by atoms with van der Waals surface area (Å²) in [6.07, 6.45) is 1.44. The number of hydrogen-bond acceptors (Lipinski definition) is 6. The Balaban J connectivity index is 1.23. The first-order valence-electron chi connectivity index (χ1n) is 14.0. The SMILES string of the molecule is [C-]#[N+]c1ccc(N2CCC(C(=O)Nc3ccc(N4CCN(C(=O)CCCCCN)CC4)cn3)CC2)cc1C(F)(F)F. The molecule has 4 rings (SSSR count). The van der Waals surface area contributed by atoms with Crippen molar-refractivity contribution in [1.29, 1.82) is 0 Å². The fourth-order valence-corrected chi connectivity index (χ4v) is 5.29. The number of pyridine rings is 1. The second-order valence-corrected chi connectivity index (χ2v) is 10.4. The number of halogens is 3. The number of nitrogens with two attached hydrogens (primary N) is 1. The van der Waals surface area contributed by atoms with Crippen LogP contribution in [0.25, 0.3) is 4.85 Å². The van der Waals surface area contributed by atoms with Crippen molar-refractivity contribution in [3.63, 3.8) is 0 Å². The zero-order valence-corrected chi connectivity index (χ0v) is 23.0. The van der Waals surface area contributed by atoms with Gasteiger partial charge in [-0.05, 0) is 56.5 Å². The Morgan fingerprint density at radius 3 is 2.27 bits per heavy atom. The van der Waals surface area contributed by atoms with E-state index in [2.05, 4.69) is 20.0 Å². The molecule has 1 aromatic carbocycles. The standard InChI is InChI=1S/C29H36F3N7O2/c1-34-25-8-6-22(19-24(25)29(30,31)32)37-13-10-21(11-14-37)28(41)36-26-9-7-23(20-35-26)38-15-17-39(18-16-38)27(40)5-3-2-4-12-33/h6-9,19-21H,2-5,10-18,33H2,(H,35,36,41). The van der Waals surface area contributed by atoms with Gasteiger partial charge in [0.1, 0.15) is 5.82 Å². The first-order chi connectivity index (χ1) is 19.7. The van der Waals surface area contributed by atoms with Gasteiger partial charge in [-0.1, -0.05) is 12.5 Å². The van der Waals surface area contributed by atoms with Crippen LogP contribution in [-0.4, -0.2) is 67.5 Å². The highest BCUT2D eigenvalue weighted by molar-refractivity contribution is 5.92. The van der Waals surface area contributed by atoms with E-state index in [0.29, 0.717) is 76.6 Å². The van der Waals surface area contributed by atoms with Gasteiger partial charge in [0.2, 0.25) is 11.8 Å². The quantitative estimate of drug-likeness (QED) is 0.335. The smallest absolute Gasteiger partial charge is 0.372 e. The molecule has 0 radical (unpaired) electrons.